The number of halogens is 4. The van der Waals surface area contributed by atoms with E-state index in [0.717, 1.165) is 24.3 Å². The summed E-state index contributed by atoms with van der Waals surface area (Å²) in [4.78, 5) is 0. The van der Waals surface area contributed by atoms with Crippen LogP contribution in [0.3, 0.4) is 0 Å². The van der Waals surface area contributed by atoms with E-state index in [9.17, 15) is 17.6 Å². The Bertz CT molecular complexity index is 724. The van der Waals surface area contributed by atoms with Gasteiger partial charge in [0.1, 0.15) is 34.6 Å². The molecule has 0 aliphatic heterocycles. The molecular formula is C16H14F4N4S2. The van der Waals surface area contributed by atoms with Crippen molar-refractivity contribution >= 4 is 46.0 Å². The summed E-state index contributed by atoms with van der Waals surface area (Å²) in [5, 5.41) is 10.0. The molecule has 138 valence electrons. The summed E-state index contributed by atoms with van der Waals surface area (Å²) in [6.45, 7) is 1.59. The standard InChI is InChI=1S/C16H14F4N4S2/c1-8(21-15(25)23-13-9(17)4-2-5-10(13)18)22-16(26)24-14-11(19)6-3-7-12(14)20/h2-8H,1H3,(H2,21,23,25)(H2,22,24,26). The van der Waals surface area contributed by atoms with Gasteiger partial charge in [0.15, 0.2) is 10.2 Å². The van der Waals surface area contributed by atoms with Crippen LogP contribution in [-0.2, 0) is 0 Å². The highest BCUT2D eigenvalue weighted by Gasteiger charge is 2.13. The number of para-hydroxylation sites is 2. The minimum Gasteiger partial charge on any atom is -0.343 e. The molecule has 0 fully saturated rings. The lowest BCUT2D eigenvalue weighted by Gasteiger charge is -2.20. The Morgan fingerprint density at radius 2 is 1.04 bits per heavy atom. The van der Waals surface area contributed by atoms with Crippen molar-refractivity contribution in [1.82, 2.24) is 10.6 Å². The van der Waals surface area contributed by atoms with Gasteiger partial charge in [-0.05, 0) is 55.6 Å². The SMILES string of the molecule is CC(NC(=S)Nc1c(F)cccc1F)NC(=S)Nc1c(F)cccc1F. The minimum atomic E-state index is -0.804. The summed E-state index contributed by atoms with van der Waals surface area (Å²) in [7, 11) is 0. The molecule has 0 aliphatic carbocycles. The van der Waals surface area contributed by atoms with Gasteiger partial charge in [-0.15, -0.1) is 0 Å². The molecule has 0 saturated carbocycles. The van der Waals surface area contributed by atoms with Gasteiger partial charge in [0, 0.05) is 0 Å². The van der Waals surface area contributed by atoms with Crippen LogP contribution in [0.4, 0.5) is 28.9 Å². The molecule has 0 spiro atoms. The maximum atomic E-state index is 13.6. The highest BCUT2D eigenvalue weighted by molar-refractivity contribution is 7.80. The molecule has 0 unspecified atom stereocenters. The Balaban J connectivity index is 1.90. The Labute approximate surface area is 158 Å². The van der Waals surface area contributed by atoms with E-state index in [0.29, 0.717) is 0 Å². The van der Waals surface area contributed by atoms with E-state index >= 15 is 0 Å². The molecule has 0 aliphatic rings. The monoisotopic (exact) mass is 402 g/mol. The van der Waals surface area contributed by atoms with Gasteiger partial charge in [-0.2, -0.15) is 0 Å². The number of anilines is 2. The van der Waals surface area contributed by atoms with Crippen molar-refractivity contribution < 1.29 is 17.6 Å². The minimum absolute atomic E-state index is 0.0751. The molecule has 10 heteroatoms. The van der Waals surface area contributed by atoms with Crippen LogP contribution < -0.4 is 21.3 Å². The normalized spacial score (nSPS) is 10.4. The number of thiocarbonyl (C=S) groups is 2. The van der Waals surface area contributed by atoms with Gasteiger partial charge >= 0.3 is 0 Å². The summed E-state index contributed by atoms with van der Waals surface area (Å²) in [6, 6.07) is 6.77. The lowest BCUT2D eigenvalue weighted by atomic mass is 10.3. The van der Waals surface area contributed by atoms with Crippen LogP contribution in [0.15, 0.2) is 36.4 Å². The molecule has 0 aromatic heterocycles. The maximum absolute atomic E-state index is 13.6. The second-order valence-corrected chi connectivity index (χ2v) is 5.93. The van der Waals surface area contributed by atoms with Crippen LogP contribution in [0.25, 0.3) is 0 Å². The number of rotatable bonds is 4. The molecule has 2 aromatic carbocycles. The fraction of sp³-hybridized carbons (Fsp3) is 0.125. The number of nitrogens with one attached hydrogen (secondary N) is 4. The first-order chi connectivity index (χ1) is 12.3. The van der Waals surface area contributed by atoms with E-state index in [1.165, 1.54) is 12.1 Å². The van der Waals surface area contributed by atoms with Crippen molar-refractivity contribution in [2.75, 3.05) is 10.6 Å². The fourth-order valence-corrected chi connectivity index (χ4v) is 2.52. The van der Waals surface area contributed by atoms with Crippen LogP contribution >= 0.6 is 24.4 Å². The molecule has 0 atom stereocenters. The molecule has 26 heavy (non-hydrogen) atoms. The van der Waals surface area contributed by atoms with E-state index in [1.54, 1.807) is 6.92 Å². The molecule has 4 nitrogen and oxygen atoms in total. The van der Waals surface area contributed by atoms with Crippen molar-refractivity contribution in [3.8, 4) is 0 Å². The largest absolute Gasteiger partial charge is 0.343 e. The lowest BCUT2D eigenvalue weighted by molar-refractivity contribution is 0.588. The highest BCUT2D eigenvalue weighted by Crippen LogP contribution is 2.18. The van der Waals surface area contributed by atoms with Gasteiger partial charge in [0.2, 0.25) is 0 Å². The maximum Gasteiger partial charge on any atom is 0.172 e. The second kappa shape index (κ2) is 8.77. The van der Waals surface area contributed by atoms with E-state index in [4.69, 9.17) is 24.4 Å². The number of hydrogen-bond acceptors (Lipinski definition) is 2. The number of hydrogen-bond donors (Lipinski definition) is 4. The average molecular weight is 402 g/mol. The summed E-state index contributed by atoms with van der Waals surface area (Å²) in [5.41, 5.74) is -0.794. The zero-order valence-corrected chi connectivity index (χ0v) is 15.0. The van der Waals surface area contributed by atoms with Gasteiger partial charge in [-0.25, -0.2) is 17.6 Å². The van der Waals surface area contributed by atoms with Crippen molar-refractivity contribution in [1.29, 1.82) is 0 Å². The Kier molecular flexibility index (Phi) is 6.70. The third-order valence-corrected chi connectivity index (χ3v) is 3.54. The van der Waals surface area contributed by atoms with E-state index in [2.05, 4.69) is 21.3 Å². The first-order valence-electron chi connectivity index (χ1n) is 7.31. The van der Waals surface area contributed by atoms with Crippen LogP contribution in [-0.4, -0.2) is 16.4 Å². The second-order valence-electron chi connectivity index (χ2n) is 5.11. The van der Waals surface area contributed by atoms with Crippen LogP contribution in [0, 0.1) is 23.3 Å². The van der Waals surface area contributed by atoms with Gasteiger partial charge in [-0.3, -0.25) is 0 Å². The van der Waals surface area contributed by atoms with Crippen molar-refractivity contribution in [2.24, 2.45) is 0 Å². The zero-order chi connectivity index (χ0) is 19.3. The summed E-state index contributed by atoms with van der Waals surface area (Å²) >= 11 is 9.95. The first-order valence-corrected chi connectivity index (χ1v) is 8.12. The Morgan fingerprint density at radius 1 is 0.731 bits per heavy atom. The summed E-state index contributed by atoms with van der Waals surface area (Å²) < 4.78 is 54.3. The van der Waals surface area contributed by atoms with E-state index in [1.807, 2.05) is 0 Å². The van der Waals surface area contributed by atoms with Gasteiger partial charge in [0.05, 0.1) is 6.17 Å². The smallest absolute Gasteiger partial charge is 0.172 e. The molecule has 2 rings (SSSR count). The molecule has 0 radical (unpaired) electrons. The third kappa shape index (κ3) is 5.27. The van der Waals surface area contributed by atoms with Crippen molar-refractivity contribution in [3.63, 3.8) is 0 Å². The fourth-order valence-electron chi connectivity index (χ4n) is 1.96. The van der Waals surface area contributed by atoms with Crippen molar-refractivity contribution in [2.45, 2.75) is 13.1 Å². The average Bonchev–Trinajstić information content (AvgIpc) is 2.54. The molecular weight excluding hydrogens is 388 g/mol. The summed E-state index contributed by atoms with van der Waals surface area (Å²) in [6.07, 6.45) is -0.611. The van der Waals surface area contributed by atoms with Crippen LogP contribution in [0.1, 0.15) is 6.92 Å². The van der Waals surface area contributed by atoms with Crippen LogP contribution in [0.5, 0.6) is 0 Å². The predicted octanol–water partition coefficient (Wildman–Crippen LogP) is 3.86. The lowest BCUT2D eigenvalue weighted by Crippen LogP contribution is -2.48. The molecule has 0 amide bonds. The molecule has 0 saturated heterocycles. The topological polar surface area (TPSA) is 48.1 Å². The van der Waals surface area contributed by atoms with Gasteiger partial charge < -0.3 is 21.3 Å². The molecule has 2 aromatic rings. The highest BCUT2D eigenvalue weighted by atomic mass is 32.1. The Hall–Kier alpha value is -2.46. The number of benzene rings is 2. The van der Waals surface area contributed by atoms with Gasteiger partial charge in [0.25, 0.3) is 0 Å². The van der Waals surface area contributed by atoms with E-state index in [-0.39, 0.29) is 10.2 Å². The molecule has 0 heterocycles. The first kappa shape index (κ1) is 19.9. The Morgan fingerprint density at radius 3 is 1.35 bits per heavy atom. The van der Waals surface area contributed by atoms with E-state index < -0.39 is 40.8 Å². The van der Waals surface area contributed by atoms with Crippen LogP contribution in [0.2, 0.25) is 0 Å². The quantitative estimate of drug-likeness (QED) is 0.354. The summed E-state index contributed by atoms with van der Waals surface area (Å²) in [5.74, 6) is -3.21. The van der Waals surface area contributed by atoms with Crippen molar-refractivity contribution in [3.05, 3.63) is 59.7 Å². The predicted molar refractivity (Wildman–Crippen MR) is 101 cm³/mol. The zero-order valence-electron chi connectivity index (χ0n) is 13.4. The van der Waals surface area contributed by atoms with Gasteiger partial charge in [-0.1, -0.05) is 12.1 Å². The third-order valence-electron chi connectivity index (χ3n) is 3.10. The molecule has 4 N–H and O–H groups in total. The molecule has 0 bridgehead atoms.